The molecule has 0 bridgehead atoms. The zero-order chi connectivity index (χ0) is 24.7. The second-order valence-electron chi connectivity index (χ2n) is 9.51. The van der Waals surface area contributed by atoms with Crippen molar-refractivity contribution in [2.45, 2.75) is 158 Å². The van der Waals surface area contributed by atoms with Gasteiger partial charge in [-0.25, -0.2) is 0 Å². The molecule has 0 atom stereocenters. The highest BCUT2D eigenvalue weighted by Gasteiger charge is 2.02. The van der Waals surface area contributed by atoms with Gasteiger partial charge in [0.1, 0.15) is 0 Å². The minimum atomic E-state index is 1.32. The van der Waals surface area contributed by atoms with Crippen LogP contribution in [0, 0.1) is 0 Å². The fourth-order valence-electron chi connectivity index (χ4n) is 3.46. The number of unbranched alkanes of at least 4 members (excludes halogenated alkanes) is 9. The standard InChI is InChI=1S/2C12H27N.C6H14/c2*1-4-7-10-13(11-8-5-2)12-9-6-3;1-3-5-6-4-2/h2*4-12H2,1-3H3;3-6H2,1-2H3. The average molecular weight is 457 g/mol. The molecule has 2 nitrogen and oxygen atoms in total. The first-order valence-corrected chi connectivity index (χ1v) is 15.1. The molecule has 0 heterocycles. The molecule has 0 aliphatic rings. The number of hydrogen-bond donors (Lipinski definition) is 0. The molecule has 0 saturated heterocycles. The lowest BCUT2D eigenvalue weighted by Crippen LogP contribution is -2.27. The van der Waals surface area contributed by atoms with E-state index in [4.69, 9.17) is 0 Å². The Morgan fingerprint density at radius 3 is 0.531 bits per heavy atom. The second-order valence-corrected chi connectivity index (χ2v) is 9.51. The molecule has 0 amide bonds. The molecule has 0 aliphatic carbocycles. The van der Waals surface area contributed by atoms with Crippen molar-refractivity contribution in [3.63, 3.8) is 0 Å². The maximum absolute atomic E-state index is 2.64. The van der Waals surface area contributed by atoms with Gasteiger partial charge in [-0.05, 0) is 77.8 Å². The van der Waals surface area contributed by atoms with Crippen LogP contribution < -0.4 is 0 Å². The third-order valence-corrected chi connectivity index (χ3v) is 5.92. The van der Waals surface area contributed by atoms with Gasteiger partial charge in [-0.2, -0.15) is 0 Å². The highest BCUT2D eigenvalue weighted by molar-refractivity contribution is 4.58. The van der Waals surface area contributed by atoms with Crippen LogP contribution in [0.5, 0.6) is 0 Å². The van der Waals surface area contributed by atoms with E-state index >= 15 is 0 Å². The lowest BCUT2D eigenvalue weighted by molar-refractivity contribution is 0.261. The largest absolute Gasteiger partial charge is 0.303 e. The second kappa shape index (κ2) is 35.5. The van der Waals surface area contributed by atoms with Gasteiger partial charge in [0, 0.05) is 0 Å². The average Bonchev–Trinajstić information content (AvgIpc) is 2.82. The van der Waals surface area contributed by atoms with Crippen molar-refractivity contribution in [3.8, 4) is 0 Å². The third-order valence-electron chi connectivity index (χ3n) is 5.92. The predicted molar refractivity (Wildman–Crippen MR) is 152 cm³/mol. The first-order chi connectivity index (χ1) is 15.6. The molecule has 0 saturated carbocycles. The summed E-state index contributed by atoms with van der Waals surface area (Å²) in [5, 5.41) is 0. The fraction of sp³-hybridized carbons (Fsp3) is 1.00. The van der Waals surface area contributed by atoms with E-state index in [0.29, 0.717) is 0 Å². The maximum atomic E-state index is 2.64. The highest BCUT2D eigenvalue weighted by atomic mass is 15.1. The van der Waals surface area contributed by atoms with Gasteiger partial charge in [0.15, 0.2) is 0 Å². The third kappa shape index (κ3) is 34.5. The van der Waals surface area contributed by atoms with Crippen molar-refractivity contribution in [1.82, 2.24) is 9.80 Å². The Bertz CT molecular complexity index is 214. The van der Waals surface area contributed by atoms with Crippen LogP contribution in [0.15, 0.2) is 0 Å². The normalized spacial score (nSPS) is 10.7. The van der Waals surface area contributed by atoms with E-state index in [1.807, 2.05) is 0 Å². The van der Waals surface area contributed by atoms with Crippen LogP contribution in [0.3, 0.4) is 0 Å². The van der Waals surface area contributed by atoms with Crippen LogP contribution in [0.2, 0.25) is 0 Å². The van der Waals surface area contributed by atoms with Crippen LogP contribution in [-0.2, 0) is 0 Å². The van der Waals surface area contributed by atoms with Crippen molar-refractivity contribution >= 4 is 0 Å². The van der Waals surface area contributed by atoms with Gasteiger partial charge in [0.2, 0.25) is 0 Å². The predicted octanol–water partition coefficient (Wildman–Crippen LogP) is 9.96. The summed E-state index contributed by atoms with van der Waals surface area (Å²) in [6.45, 7) is 26.0. The summed E-state index contributed by atoms with van der Waals surface area (Å²) in [5.74, 6) is 0. The highest BCUT2D eigenvalue weighted by Crippen LogP contribution is 2.02. The van der Waals surface area contributed by atoms with E-state index in [0.717, 1.165) is 0 Å². The zero-order valence-corrected chi connectivity index (χ0v) is 24.5. The molecule has 0 aromatic rings. The molecule has 0 aromatic carbocycles. The van der Waals surface area contributed by atoms with Crippen LogP contribution in [0.25, 0.3) is 0 Å². The summed E-state index contributed by atoms with van der Waals surface area (Å²) < 4.78 is 0. The Kier molecular flexibility index (Phi) is 40.5. The molecule has 0 unspecified atom stereocenters. The topological polar surface area (TPSA) is 6.48 Å². The molecule has 0 rings (SSSR count). The SMILES string of the molecule is CCCCCC.CCCCN(CCCC)CCCC.CCCCN(CCCC)CCCC. The minimum absolute atomic E-state index is 1.32. The van der Waals surface area contributed by atoms with Crippen molar-refractivity contribution in [1.29, 1.82) is 0 Å². The lowest BCUT2D eigenvalue weighted by Gasteiger charge is -2.21. The van der Waals surface area contributed by atoms with E-state index < -0.39 is 0 Å². The molecule has 0 spiro atoms. The maximum Gasteiger partial charge on any atom is -0.00188 e. The van der Waals surface area contributed by atoms with Crippen LogP contribution in [-0.4, -0.2) is 49.1 Å². The van der Waals surface area contributed by atoms with Crippen LogP contribution in [0.4, 0.5) is 0 Å². The van der Waals surface area contributed by atoms with Crippen molar-refractivity contribution in [3.05, 3.63) is 0 Å². The van der Waals surface area contributed by atoms with Crippen LogP contribution >= 0.6 is 0 Å². The van der Waals surface area contributed by atoms with Crippen molar-refractivity contribution in [2.75, 3.05) is 39.3 Å². The number of rotatable bonds is 21. The summed E-state index contributed by atoms with van der Waals surface area (Å²) in [7, 11) is 0. The summed E-state index contributed by atoms with van der Waals surface area (Å²) >= 11 is 0. The number of hydrogen-bond acceptors (Lipinski definition) is 2. The Labute approximate surface area is 207 Å². The molecular weight excluding hydrogens is 388 g/mol. The van der Waals surface area contributed by atoms with Crippen molar-refractivity contribution < 1.29 is 0 Å². The summed E-state index contributed by atoms with van der Waals surface area (Å²) in [6, 6.07) is 0. The molecule has 198 valence electrons. The molecular formula is C30H68N2. The molecule has 0 N–H and O–H groups in total. The van der Waals surface area contributed by atoms with Gasteiger partial charge >= 0.3 is 0 Å². The Morgan fingerprint density at radius 1 is 0.250 bits per heavy atom. The van der Waals surface area contributed by atoms with E-state index in [9.17, 15) is 0 Å². The van der Waals surface area contributed by atoms with Gasteiger partial charge in [-0.1, -0.05) is 120 Å². The summed E-state index contributed by atoms with van der Waals surface area (Å²) in [4.78, 5) is 5.27. The van der Waals surface area contributed by atoms with Crippen molar-refractivity contribution in [2.24, 2.45) is 0 Å². The molecule has 0 radical (unpaired) electrons. The molecule has 0 aliphatic heterocycles. The first-order valence-electron chi connectivity index (χ1n) is 15.1. The van der Waals surface area contributed by atoms with E-state index in [1.54, 1.807) is 0 Å². The van der Waals surface area contributed by atoms with Gasteiger partial charge in [-0.15, -0.1) is 0 Å². The Balaban J connectivity index is -0.000000422. The van der Waals surface area contributed by atoms with E-state index in [2.05, 4.69) is 65.2 Å². The molecule has 2 heteroatoms. The lowest BCUT2D eigenvalue weighted by atomic mass is 10.2. The Hall–Kier alpha value is -0.0800. The quantitative estimate of drug-likeness (QED) is 0.158. The molecule has 0 fully saturated rings. The summed E-state index contributed by atoms with van der Waals surface area (Å²) in [6.07, 6.45) is 21.7. The van der Waals surface area contributed by atoms with E-state index in [1.165, 1.54) is 142 Å². The Morgan fingerprint density at radius 2 is 0.406 bits per heavy atom. The molecule has 0 aromatic heterocycles. The van der Waals surface area contributed by atoms with Gasteiger partial charge < -0.3 is 9.80 Å². The fourth-order valence-corrected chi connectivity index (χ4v) is 3.46. The summed E-state index contributed by atoms with van der Waals surface area (Å²) in [5.41, 5.74) is 0. The van der Waals surface area contributed by atoms with Crippen LogP contribution in [0.1, 0.15) is 158 Å². The van der Waals surface area contributed by atoms with Gasteiger partial charge in [0.25, 0.3) is 0 Å². The van der Waals surface area contributed by atoms with E-state index in [-0.39, 0.29) is 0 Å². The zero-order valence-electron chi connectivity index (χ0n) is 24.5. The monoisotopic (exact) mass is 457 g/mol. The molecule has 32 heavy (non-hydrogen) atoms. The minimum Gasteiger partial charge on any atom is -0.303 e. The number of nitrogens with zero attached hydrogens (tertiary/aromatic N) is 2. The first kappa shape index (κ1) is 36.5. The smallest absolute Gasteiger partial charge is 0.00188 e. The van der Waals surface area contributed by atoms with Gasteiger partial charge in [0.05, 0.1) is 0 Å². The van der Waals surface area contributed by atoms with Gasteiger partial charge in [-0.3, -0.25) is 0 Å².